The topological polar surface area (TPSA) is 112 Å². The van der Waals surface area contributed by atoms with Gasteiger partial charge in [0.15, 0.2) is 11.6 Å². The fourth-order valence-corrected chi connectivity index (χ4v) is 3.65. The van der Waals surface area contributed by atoms with Crippen molar-refractivity contribution in [3.63, 3.8) is 0 Å². The number of H-pyrrole nitrogens is 2. The zero-order valence-corrected chi connectivity index (χ0v) is 18.0. The van der Waals surface area contributed by atoms with E-state index in [0.717, 1.165) is 50.1 Å². The molecule has 0 atom stereocenters. The highest BCUT2D eigenvalue weighted by Crippen LogP contribution is 2.31. The summed E-state index contributed by atoms with van der Waals surface area (Å²) in [6, 6.07) is 5.88. The first kappa shape index (κ1) is 19.6. The van der Waals surface area contributed by atoms with Crippen LogP contribution in [-0.4, -0.2) is 48.9 Å². The number of imidazole rings is 1. The van der Waals surface area contributed by atoms with Gasteiger partial charge in [0.25, 0.3) is 0 Å². The van der Waals surface area contributed by atoms with Gasteiger partial charge in [-0.3, -0.25) is 20.1 Å². The van der Waals surface area contributed by atoms with E-state index in [1.54, 1.807) is 18.6 Å². The van der Waals surface area contributed by atoms with Crippen molar-refractivity contribution in [1.29, 1.82) is 0 Å². The number of pyridine rings is 3. The number of anilines is 1. The Bertz CT molecular complexity index is 1490. The van der Waals surface area contributed by atoms with E-state index in [2.05, 4.69) is 41.8 Å². The number of aliphatic imine (C=N–C) groups is 1. The summed E-state index contributed by atoms with van der Waals surface area (Å²) in [5.41, 5.74) is 6.86. The van der Waals surface area contributed by atoms with Gasteiger partial charge in [-0.25, -0.2) is 9.97 Å². The number of hydrogen-bond donors (Lipinski definition) is 2. The fraction of sp³-hybridized carbons (Fsp3) is 0.130. The first-order valence-corrected chi connectivity index (χ1v) is 10.0. The molecule has 0 amide bonds. The highest BCUT2D eigenvalue weighted by molar-refractivity contribution is 5.96. The van der Waals surface area contributed by atoms with Crippen molar-refractivity contribution >= 4 is 34.5 Å². The molecular weight excluding hydrogens is 402 g/mol. The monoisotopic (exact) mass is 423 g/mol. The Morgan fingerprint density at radius 1 is 1.16 bits per heavy atom. The van der Waals surface area contributed by atoms with E-state index in [-0.39, 0.29) is 0 Å². The molecule has 9 heteroatoms. The minimum Gasteiger partial charge on any atom is -0.336 e. The first-order chi connectivity index (χ1) is 15.5. The standard InChI is InChI=1S/C23H21N9/c1-13-5-7-25-10-16(13)18-9-15-19(11-27-18)30-31-20(15)22-28-17-6-8-26-23(21(17)29-22)32(4)12-14(2)24-3/h5-12H,3H2,1-2,4H3,(H,28,29)(H,30,31)/b14-12-. The summed E-state index contributed by atoms with van der Waals surface area (Å²) in [5, 5.41) is 8.49. The van der Waals surface area contributed by atoms with Crippen LogP contribution in [-0.2, 0) is 0 Å². The molecule has 0 saturated heterocycles. The van der Waals surface area contributed by atoms with Gasteiger partial charge in [0.2, 0.25) is 0 Å². The maximum Gasteiger partial charge on any atom is 0.160 e. The van der Waals surface area contributed by atoms with Crippen LogP contribution in [0.4, 0.5) is 5.82 Å². The van der Waals surface area contributed by atoms with Gasteiger partial charge >= 0.3 is 0 Å². The van der Waals surface area contributed by atoms with Crippen LogP contribution in [0.25, 0.3) is 44.7 Å². The number of aromatic nitrogens is 7. The third-order valence-corrected chi connectivity index (χ3v) is 5.33. The highest BCUT2D eigenvalue weighted by atomic mass is 15.2. The van der Waals surface area contributed by atoms with Gasteiger partial charge in [0.1, 0.15) is 11.2 Å². The van der Waals surface area contributed by atoms with Gasteiger partial charge in [-0.1, -0.05) is 0 Å². The van der Waals surface area contributed by atoms with E-state index >= 15 is 0 Å². The van der Waals surface area contributed by atoms with Crippen LogP contribution in [0, 0.1) is 6.92 Å². The quantitative estimate of drug-likeness (QED) is 0.409. The van der Waals surface area contributed by atoms with Crippen molar-refractivity contribution in [2.24, 2.45) is 4.99 Å². The van der Waals surface area contributed by atoms with Crippen LogP contribution in [0.1, 0.15) is 12.5 Å². The first-order valence-electron chi connectivity index (χ1n) is 10.0. The van der Waals surface area contributed by atoms with Gasteiger partial charge in [-0.05, 0) is 44.3 Å². The lowest BCUT2D eigenvalue weighted by atomic mass is 10.1. The van der Waals surface area contributed by atoms with E-state index in [4.69, 9.17) is 4.98 Å². The van der Waals surface area contributed by atoms with E-state index in [9.17, 15) is 0 Å². The van der Waals surface area contributed by atoms with Gasteiger partial charge in [-0.2, -0.15) is 5.10 Å². The van der Waals surface area contributed by atoms with Crippen molar-refractivity contribution in [3.05, 3.63) is 60.4 Å². The van der Waals surface area contributed by atoms with Gasteiger partial charge in [0, 0.05) is 42.8 Å². The molecule has 158 valence electrons. The van der Waals surface area contributed by atoms with E-state index in [1.165, 1.54) is 0 Å². The van der Waals surface area contributed by atoms with Crippen LogP contribution < -0.4 is 4.90 Å². The molecule has 0 aliphatic rings. The van der Waals surface area contributed by atoms with Gasteiger partial charge < -0.3 is 9.88 Å². The molecule has 0 aromatic carbocycles. The predicted octanol–water partition coefficient (Wildman–Crippen LogP) is 4.26. The Kier molecular flexibility index (Phi) is 4.70. The van der Waals surface area contributed by atoms with Crippen LogP contribution in [0.2, 0.25) is 0 Å². The summed E-state index contributed by atoms with van der Waals surface area (Å²) in [7, 11) is 1.91. The summed E-state index contributed by atoms with van der Waals surface area (Å²) in [6.45, 7) is 7.49. The van der Waals surface area contributed by atoms with Crippen molar-refractivity contribution in [1.82, 2.24) is 35.1 Å². The van der Waals surface area contributed by atoms with Crippen molar-refractivity contribution in [2.45, 2.75) is 13.8 Å². The SMILES string of the molecule is C=N/C(C)=C\N(C)c1nccc2[nH]c(-c3n[nH]c4cnc(-c5cnccc5C)cc34)nc12. The summed E-state index contributed by atoms with van der Waals surface area (Å²) in [4.78, 5) is 27.4. The number of nitrogens with zero attached hydrogens (tertiary/aromatic N) is 7. The number of nitrogens with one attached hydrogen (secondary N) is 2. The lowest BCUT2D eigenvalue weighted by Crippen LogP contribution is -2.11. The molecule has 0 saturated carbocycles. The van der Waals surface area contributed by atoms with E-state index < -0.39 is 0 Å². The molecule has 9 nitrogen and oxygen atoms in total. The minimum atomic E-state index is 0.650. The Morgan fingerprint density at radius 2 is 2.03 bits per heavy atom. The average Bonchev–Trinajstić information content (AvgIpc) is 3.42. The fourth-order valence-electron chi connectivity index (χ4n) is 3.65. The number of fused-ring (bicyclic) bond motifs is 2. The summed E-state index contributed by atoms with van der Waals surface area (Å²) in [5.74, 6) is 1.36. The largest absolute Gasteiger partial charge is 0.336 e. The van der Waals surface area contributed by atoms with Gasteiger partial charge in [0.05, 0.1) is 28.6 Å². The average molecular weight is 423 g/mol. The normalized spacial score (nSPS) is 11.9. The summed E-state index contributed by atoms with van der Waals surface area (Å²) >= 11 is 0. The molecule has 0 aliphatic heterocycles. The molecule has 0 fully saturated rings. The predicted molar refractivity (Wildman–Crippen MR) is 126 cm³/mol. The van der Waals surface area contributed by atoms with Crippen LogP contribution in [0.5, 0.6) is 0 Å². The number of aromatic amines is 2. The molecule has 32 heavy (non-hydrogen) atoms. The maximum atomic E-state index is 4.83. The molecule has 0 unspecified atom stereocenters. The number of rotatable bonds is 5. The van der Waals surface area contributed by atoms with Crippen molar-refractivity contribution < 1.29 is 0 Å². The Morgan fingerprint density at radius 3 is 2.84 bits per heavy atom. The Labute approximate surface area is 184 Å². The summed E-state index contributed by atoms with van der Waals surface area (Å²) in [6.07, 6.45) is 9.00. The zero-order valence-electron chi connectivity index (χ0n) is 18.0. The molecule has 5 aromatic heterocycles. The molecule has 0 radical (unpaired) electrons. The molecule has 5 heterocycles. The smallest absolute Gasteiger partial charge is 0.160 e. The molecule has 0 bridgehead atoms. The van der Waals surface area contributed by atoms with Crippen molar-refractivity contribution in [2.75, 3.05) is 11.9 Å². The lowest BCUT2D eigenvalue weighted by molar-refractivity contribution is 1.09. The Hall–Kier alpha value is -4.40. The lowest BCUT2D eigenvalue weighted by Gasteiger charge is -2.13. The van der Waals surface area contributed by atoms with Gasteiger partial charge in [-0.15, -0.1) is 0 Å². The van der Waals surface area contributed by atoms with Crippen LogP contribution in [0.3, 0.4) is 0 Å². The molecule has 5 aromatic rings. The minimum absolute atomic E-state index is 0.650. The number of allylic oxidation sites excluding steroid dienone is 1. The van der Waals surface area contributed by atoms with Crippen molar-refractivity contribution in [3.8, 4) is 22.8 Å². The summed E-state index contributed by atoms with van der Waals surface area (Å²) < 4.78 is 0. The van der Waals surface area contributed by atoms with E-state index in [1.807, 2.05) is 56.4 Å². The molecule has 0 aliphatic carbocycles. The number of aryl methyl sites for hydroxylation is 1. The maximum absolute atomic E-state index is 4.83. The highest BCUT2D eigenvalue weighted by Gasteiger charge is 2.17. The van der Waals surface area contributed by atoms with Crippen LogP contribution in [0.15, 0.2) is 59.9 Å². The van der Waals surface area contributed by atoms with Crippen LogP contribution >= 0.6 is 0 Å². The second-order valence-electron chi connectivity index (χ2n) is 7.53. The zero-order chi connectivity index (χ0) is 22.2. The second kappa shape index (κ2) is 7.69. The third kappa shape index (κ3) is 3.29. The Balaban J connectivity index is 1.63. The third-order valence-electron chi connectivity index (χ3n) is 5.33. The molecular formula is C23H21N9. The number of hydrogen-bond acceptors (Lipinski definition) is 7. The van der Waals surface area contributed by atoms with E-state index in [0.29, 0.717) is 11.6 Å². The second-order valence-corrected chi connectivity index (χ2v) is 7.53. The molecule has 2 N–H and O–H groups in total. The molecule has 0 spiro atoms. The molecule has 5 rings (SSSR count).